The summed E-state index contributed by atoms with van der Waals surface area (Å²) in [7, 11) is 0. The van der Waals surface area contributed by atoms with Gasteiger partial charge in [-0.15, -0.1) is 0 Å². The summed E-state index contributed by atoms with van der Waals surface area (Å²) in [5.74, 6) is -1.15. The molecule has 2 aromatic carbocycles. The Balaban J connectivity index is 2.20. The van der Waals surface area contributed by atoms with E-state index >= 15 is 0 Å². The first-order valence-electron chi connectivity index (χ1n) is 5.50. The zero-order chi connectivity index (χ0) is 14.0. The fraction of sp³-hybridized carbons (Fsp3) is 0.0714. The van der Waals surface area contributed by atoms with E-state index in [-0.39, 0.29) is 16.2 Å². The number of amides is 1. The van der Waals surface area contributed by atoms with Crippen molar-refractivity contribution in [2.75, 3.05) is 5.32 Å². The van der Waals surface area contributed by atoms with Gasteiger partial charge in [0.15, 0.2) is 0 Å². The molecule has 2 rings (SSSR count). The summed E-state index contributed by atoms with van der Waals surface area (Å²) in [6.45, 7) is 1.61. The van der Waals surface area contributed by atoms with Crippen molar-refractivity contribution in [3.63, 3.8) is 0 Å². The molecule has 0 aliphatic carbocycles. The van der Waals surface area contributed by atoms with Crippen molar-refractivity contribution in [3.8, 4) is 0 Å². The Morgan fingerprint density at radius 2 is 1.79 bits per heavy atom. The number of hydrogen-bond acceptors (Lipinski definition) is 1. The molecule has 0 atom stereocenters. The van der Waals surface area contributed by atoms with E-state index in [1.807, 2.05) is 0 Å². The lowest BCUT2D eigenvalue weighted by Crippen LogP contribution is -2.12. The second kappa shape index (κ2) is 5.48. The first-order valence-corrected chi connectivity index (χ1v) is 6.29. The molecule has 0 aromatic heterocycles. The Hall–Kier alpha value is -1.75. The van der Waals surface area contributed by atoms with Gasteiger partial charge in [-0.25, -0.2) is 8.78 Å². The van der Waals surface area contributed by atoms with E-state index in [0.717, 1.165) is 0 Å². The van der Waals surface area contributed by atoms with E-state index in [1.165, 1.54) is 36.4 Å². The van der Waals surface area contributed by atoms with E-state index in [2.05, 4.69) is 21.2 Å². The Kier molecular flexibility index (Phi) is 3.95. The third-order valence-electron chi connectivity index (χ3n) is 2.60. The maximum atomic E-state index is 13.1. The number of hydrogen-bond donors (Lipinski definition) is 1. The van der Waals surface area contributed by atoms with Crippen molar-refractivity contribution in [2.24, 2.45) is 0 Å². The molecule has 0 aliphatic heterocycles. The number of nitrogens with one attached hydrogen (secondary N) is 1. The first-order chi connectivity index (χ1) is 8.97. The Morgan fingerprint density at radius 1 is 1.11 bits per heavy atom. The summed E-state index contributed by atoms with van der Waals surface area (Å²) < 4.78 is 26.4. The molecular weight excluding hydrogens is 316 g/mol. The molecule has 2 aromatic rings. The molecular formula is C14H10BrF2NO. The number of anilines is 1. The predicted octanol–water partition coefficient (Wildman–Crippen LogP) is 4.29. The highest BCUT2D eigenvalue weighted by atomic mass is 79.9. The fourth-order valence-electron chi connectivity index (χ4n) is 1.56. The highest BCUT2D eigenvalue weighted by molar-refractivity contribution is 9.10. The monoisotopic (exact) mass is 325 g/mol. The maximum Gasteiger partial charge on any atom is 0.255 e. The molecule has 0 radical (unpaired) electrons. The molecule has 0 heterocycles. The lowest BCUT2D eigenvalue weighted by molar-refractivity contribution is 0.102. The summed E-state index contributed by atoms with van der Waals surface area (Å²) in [6.07, 6.45) is 0. The Labute approximate surface area is 117 Å². The quantitative estimate of drug-likeness (QED) is 0.876. The van der Waals surface area contributed by atoms with Gasteiger partial charge in [-0.1, -0.05) is 0 Å². The van der Waals surface area contributed by atoms with Crippen LogP contribution in [-0.4, -0.2) is 5.91 Å². The maximum absolute atomic E-state index is 13.1. The van der Waals surface area contributed by atoms with Crippen LogP contribution in [0.25, 0.3) is 0 Å². The summed E-state index contributed by atoms with van der Waals surface area (Å²) in [5, 5.41) is 2.62. The lowest BCUT2D eigenvalue weighted by atomic mass is 10.2. The van der Waals surface area contributed by atoms with Crippen LogP contribution >= 0.6 is 15.9 Å². The molecule has 1 amide bonds. The van der Waals surface area contributed by atoms with Crippen molar-refractivity contribution >= 4 is 27.5 Å². The molecule has 98 valence electrons. The summed E-state index contributed by atoms with van der Waals surface area (Å²) >= 11 is 3.02. The predicted molar refractivity (Wildman–Crippen MR) is 73.2 cm³/mol. The molecule has 0 fully saturated rings. The zero-order valence-corrected chi connectivity index (χ0v) is 11.6. The minimum atomic E-state index is -0.436. The van der Waals surface area contributed by atoms with Gasteiger partial charge in [0.2, 0.25) is 0 Å². The van der Waals surface area contributed by atoms with Gasteiger partial charge in [-0.2, -0.15) is 0 Å². The third-order valence-corrected chi connectivity index (χ3v) is 3.21. The fourth-order valence-corrected chi connectivity index (χ4v) is 1.94. The van der Waals surface area contributed by atoms with E-state index < -0.39 is 5.82 Å². The summed E-state index contributed by atoms with van der Waals surface area (Å²) in [5.41, 5.74) is 1.25. The largest absolute Gasteiger partial charge is 0.322 e. The summed E-state index contributed by atoms with van der Waals surface area (Å²) in [4.78, 5) is 11.9. The van der Waals surface area contributed by atoms with E-state index in [1.54, 1.807) is 6.92 Å². The number of carbonyl (C=O) groups is 1. The van der Waals surface area contributed by atoms with Crippen molar-refractivity contribution in [3.05, 3.63) is 63.6 Å². The minimum Gasteiger partial charge on any atom is -0.322 e. The van der Waals surface area contributed by atoms with Crippen LogP contribution in [0.15, 0.2) is 40.9 Å². The average Bonchev–Trinajstić information content (AvgIpc) is 2.37. The molecule has 0 spiro atoms. The zero-order valence-electron chi connectivity index (χ0n) is 10.0. The van der Waals surface area contributed by atoms with Crippen molar-refractivity contribution in [1.29, 1.82) is 0 Å². The van der Waals surface area contributed by atoms with E-state index in [4.69, 9.17) is 0 Å². The van der Waals surface area contributed by atoms with Gasteiger partial charge in [-0.05, 0) is 64.8 Å². The van der Waals surface area contributed by atoms with Crippen LogP contribution < -0.4 is 5.32 Å². The average molecular weight is 326 g/mol. The second-order valence-electron chi connectivity index (χ2n) is 4.05. The van der Waals surface area contributed by atoms with Gasteiger partial charge in [0.1, 0.15) is 11.6 Å². The number of aryl methyl sites for hydroxylation is 1. The normalized spacial score (nSPS) is 10.3. The van der Waals surface area contributed by atoms with Crippen LogP contribution in [0.1, 0.15) is 15.9 Å². The SMILES string of the molecule is Cc1cc(NC(=O)c2ccc(F)c(Br)c2)ccc1F. The molecule has 19 heavy (non-hydrogen) atoms. The third kappa shape index (κ3) is 3.17. The number of rotatable bonds is 2. The number of halogens is 3. The molecule has 2 nitrogen and oxygen atoms in total. The highest BCUT2D eigenvalue weighted by Crippen LogP contribution is 2.19. The van der Waals surface area contributed by atoms with Crippen molar-refractivity contribution in [2.45, 2.75) is 6.92 Å². The molecule has 0 unspecified atom stereocenters. The lowest BCUT2D eigenvalue weighted by Gasteiger charge is -2.07. The molecule has 0 saturated heterocycles. The smallest absolute Gasteiger partial charge is 0.255 e. The standard InChI is InChI=1S/C14H10BrF2NO/c1-8-6-10(3-5-12(8)16)18-14(19)9-2-4-13(17)11(15)7-9/h2-7H,1H3,(H,18,19). The minimum absolute atomic E-state index is 0.218. The van der Waals surface area contributed by atoms with Crippen LogP contribution in [-0.2, 0) is 0 Å². The first kappa shape index (κ1) is 13.7. The van der Waals surface area contributed by atoms with Crippen molar-refractivity contribution in [1.82, 2.24) is 0 Å². The van der Waals surface area contributed by atoms with Gasteiger partial charge in [0.05, 0.1) is 4.47 Å². The second-order valence-corrected chi connectivity index (χ2v) is 4.90. The van der Waals surface area contributed by atoms with Crippen LogP contribution in [0.3, 0.4) is 0 Å². The molecule has 0 aliphatic rings. The van der Waals surface area contributed by atoms with E-state index in [0.29, 0.717) is 16.8 Å². The van der Waals surface area contributed by atoms with Crippen LogP contribution in [0, 0.1) is 18.6 Å². The molecule has 5 heteroatoms. The van der Waals surface area contributed by atoms with Crippen molar-refractivity contribution < 1.29 is 13.6 Å². The number of benzene rings is 2. The highest BCUT2D eigenvalue weighted by Gasteiger charge is 2.09. The van der Waals surface area contributed by atoms with Gasteiger partial charge in [0, 0.05) is 11.3 Å². The van der Waals surface area contributed by atoms with Crippen LogP contribution in [0.5, 0.6) is 0 Å². The molecule has 0 saturated carbocycles. The Morgan fingerprint density at radius 3 is 2.42 bits per heavy atom. The topological polar surface area (TPSA) is 29.1 Å². The Bertz CT molecular complexity index is 643. The number of carbonyl (C=O) groups excluding carboxylic acids is 1. The van der Waals surface area contributed by atoms with Crippen LogP contribution in [0.4, 0.5) is 14.5 Å². The van der Waals surface area contributed by atoms with Gasteiger partial charge in [0.25, 0.3) is 5.91 Å². The molecule has 0 bridgehead atoms. The van der Waals surface area contributed by atoms with E-state index in [9.17, 15) is 13.6 Å². The van der Waals surface area contributed by atoms with Gasteiger partial charge in [-0.3, -0.25) is 4.79 Å². The molecule has 1 N–H and O–H groups in total. The van der Waals surface area contributed by atoms with Gasteiger partial charge < -0.3 is 5.32 Å². The van der Waals surface area contributed by atoms with Crippen LogP contribution in [0.2, 0.25) is 0 Å². The summed E-state index contributed by atoms with van der Waals surface area (Å²) in [6, 6.07) is 8.26. The van der Waals surface area contributed by atoms with Gasteiger partial charge >= 0.3 is 0 Å².